The second-order valence-electron chi connectivity index (χ2n) is 4.52. The minimum absolute atomic E-state index is 0.0721. The number of carbonyl (C=O) groups is 1. The van der Waals surface area contributed by atoms with Crippen LogP contribution >= 0.6 is 0 Å². The van der Waals surface area contributed by atoms with E-state index >= 15 is 0 Å². The Morgan fingerprint density at radius 1 is 1.24 bits per heavy atom. The summed E-state index contributed by atoms with van der Waals surface area (Å²) in [6, 6.07) is 11.1. The quantitative estimate of drug-likeness (QED) is 0.769. The Hall–Kier alpha value is -2.89. The predicted molar refractivity (Wildman–Crippen MR) is 75.0 cm³/mol. The lowest BCUT2D eigenvalue weighted by Gasteiger charge is -1.99. The van der Waals surface area contributed by atoms with Crippen LogP contribution < -0.4 is 5.32 Å². The molecular weight excluding hydrogens is 275 g/mol. The van der Waals surface area contributed by atoms with Crippen molar-refractivity contribution in [3.63, 3.8) is 0 Å². The number of aliphatic carboxylic acids is 1. The maximum Gasteiger partial charge on any atom is 0.307 e. The molecule has 2 aromatic carbocycles. The molecule has 0 amide bonds. The van der Waals surface area contributed by atoms with Crippen molar-refractivity contribution in [1.82, 2.24) is 4.98 Å². The minimum atomic E-state index is -0.904. The highest BCUT2D eigenvalue weighted by atomic mass is 19.1. The van der Waals surface area contributed by atoms with Crippen LogP contribution in [0.3, 0.4) is 0 Å². The molecule has 6 heteroatoms. The van der Waals surface area contributed by atoms with Crippen LogP contribution in [0, 0.1) is 5.82 Å². The number of nitrogens with zero attached hydrogens (tertiary/aromatic N) is 1. The third-order valence-corrected chi connectivity index (χ3v) is 2.90. The molecule has 3 aromatic rings. The van der Waals surface area contributed by atoms with E-state index in [-0.39, 0.29) is 18.3 Å². The molecule has 2 N–H and O–H groups in total. The van der Waals surface area contributed by atoms with Crippen molar-refractivity contribution >= 4 is 28.8 Å². The Labute approximate surface area is 119 Å². The van der Waals surface area contributed by atoms with Gasteiger partial charge in [0.2, 0.25) is 0 Å². The summed E-state index contributed by atoms with van der Waals surface area (Å²) >= 11 is 0. The monoisotopic (exact) mass is 286 g/mol. The third kappa shape index (κ3) is 3.00. The number of halogens is 1. The topological polar surface area (TPSA) is 75.4 Å². The first kappa shape index (κ1) is 13.1. The Morgan fingerprint density at radius 2 is 2.00 bits per heavy atom. The van der Waals surface area contributed by atoms with E-state index in [2.05, 4.69) is 10.3 Å². The van der Waals surface area contributed by atoms with Gasteiger partial charge in [0, 0.05) is 5.69 Å². The highest BCUT2D eigenvalue weighted by Gasteiger charge is 2.08. The first-order valence-corrected chi connectivity index (χ1v) is 6.24. The summed E-state index contributed by atoms with van der Waals surface area (Å²) in [5.41, 5.74) is 2.40. The number of aromatic nitrogens is 1. The van der Waals surface area contributed by atoms with Crippen molar-refractivity contribution in [2.24, 2.45) is 0 Å². The molecule has 106 valence electrons. The average Bonchev–Trinajstić information content (AvgIpc) is 2.82. The number of rotatable bonds is 4. The van der Waals surface area contributed by atoms with Gasteiger partial charge < -0.3 is 14.8 Å². The molecule has 5 nitrogen and oxygen atoms in total. The van der Waals surface area contributed by atoms with Crippen molar-refractivity contribution in [2.75, 3.05) is 5.32 Å². The second-order valence-corrected chi connectivity index (χ2v) is 4.52. The van der Waals surface area contributed by atoms with Gasteiger partial charge in [0.1, 0.15) is 11.3 Å². The molecule has 21 heavy (non-hydrogen) atoms. The summed E-state index contributed by atoms with van der Waals surface area (Å²) in [6.45, 7) is 0. The standard InChI is InChI=1S/C15H11FN2O3/c16-10-2-4-11(5-3-10)17-15-18-12-6-1-9(8-14(19)20)7-13(12)21-15/h1-7H,8H2,(H,17,18)(H,19,20). The number of nitrogens with one attached hydrogen (secondary N) is 1. The molecule has 0 fully saturated rings. The molecule has 0 aliphatic rings. The fourth-order valence-corrected chi connectivity index (χ4v) is 1.96. The molecule has 3 rings (SSSR count). The van der Waals surface area contributed by atoms with Crippen molar-refractivity contribution in [1.29, 1.82) is 0 Å². The molecule has 0 aliphatic heterocycles. The number of fused-ring (bicyclic) bond motifs is 1. The van der Waals surface area contributed by atoms with Gasteiger partial charge in [0.25, 0.3) is 6.01 Å². The lowest BCUT2D eigenvalue weighted by molar-refractivity contribution is -0.136. The Kier molecular flexibility index (Phi) is 3.27. The van der Waals surface area contributed by atoms with E-state index in [1.165, 1.54) is 12.1 Å². The van der Waals surface area contributed by atoms with Gasteiger partial charge in [0.05, 0.1) is 6.42 Å². The number of carboxylic acids is 1. The van der Waals surface area contributed by atoms with Crippen LogP contribution in [0.4, 0.5) is 16.1 Å². The molecule has 0 unspecified atom stereocenters. The zero-order chi connectivity index (χ0) is 14.8. The van der Waals surface area contributed by atoms with Crippen molar-refractivity contribution in [3.05, 3.63) is 53.8 Å². The van der Waals surface area contributed by atoms with Gasteiger partial charge in [0.15, 0.2) is 5.58 Å². The molecule has 0 saturated carbocycles. The first-order valence-electron chi connectivity index (χ1n) is 6.24. The number of benzene rings is 2. The number of oxazole rings is 1. The first-order chi connectivity index (χ1) is 10.1. The van der Waals surface area contributed by atoms with Gasteiger partial charge in [-0.2, -0.15) is 4.98 Å². The van der Waals surface area contributed by atoms with E-state index < -0.39 is 5.97 Å². The second kappa shape index (κ2) is 5.24. The zero-order valence-corrected chi connectivity index (χ0v) is 10.8. The summed E-state index contributed by atoms with van der Waals surface area (Å²) in [7, 11) is 0. The highest BCUT2D eigenvalue weighted by molar-refractivity contribution is 5.78. The maximum absolute atomic E-state index is 12.8. The van der Waals surface area contributed by atoms with Gasteiger partial charge in [-0.3, -0.25) is 4.79 Å². The van der Waals surface area contributed by atoms with Crippen LogP contribution in [0.1, 0.15) is 5.56 Å². The Bertz CT molecular complexity index is 796. The third-order valence-electron chi connectivity index (χ3n) is 2.90. The van der Waals surface area contributed by atoms with E-state index in [9.17, 15) is 9.18 Å². The van der Waals surface area contributed by atoms with Crippen LogP contribution in [-0.4, -0.2) is 16.1 Å². The van der Waals surface area contributed by atoms with E-state index in [1.54, 1.807) is 30.3 Å². The lowest BCUT2D eigenvalue weighted by Crippen LogP contribution is -1.99. The largest absolute Gasteiger partial charge is 0.481 e. The van der Waals surface area contributed by atoms with Gasteiger partial charge in [-0.1, -0.05) is 6.07 Å². The Balaban J connectivity index is 1.86. The average molecular weight is 286 g/mol. The van der Waals surface area contributed by atoms with Gasteiger partial charge in [-0.25, -0.2) is 4.39 Å². The van der Waals surface area contributed by atoms with Gasteiger partial charge in [-0.05, 0) is 42.0 Å². The summed E-state index contributed by atoms with van der Waals surface area (Å²) in [5.74, 6) is -1.23. The normalized spacial score (nSPS) is 10.7. The molecule has 0 bridgehead atoms. The SMILES string of the molecule is O=C(O)Cc1ccc2nc(Nc3ccc(F)cc3)oc2c1. The fraction of sp³-hybridized carbons (Fsp3) is 0.0667. The van der Waals surface area contributed by atoms with Crippen LogP contribution in [0.15, 0.2) is 46.9 Å². The maximum atomic E-state index is 12.8. The summed E-state index contributed by atoms with van der Waals surface area (Å²) in [4.78, 5) is 14.9. The van der Waals surface area contributed by atoms with Gasteiger partial charge >= 0.3 is 5.97 Å². The van der Waals surface area contributed by atoms with Crippen LogP contribution in [-0.2, 0) is 11.2 Å². The lowest BCUT2D eigenvalue weighted by atomic mass is 10.1. The van der Waals surface area contributed by atoms with E-state index in [0.29, 0.717) is 22.4 Å². The van der Waals surface area contributed by atoms with E-state index in [1.807, 2.05) is 0 Å². The number of carboxylic acid groups (broad SMARTS) is 1. The van der Waals surface area contributed by atoms with Crippen molar-refractivity contribution < 1.29 is 18.7 Å². The fourth-order valence-electron chi connectivity index (χ4n) is 1.96. The molecular formula is C15H11FN2O3. The highest BCUT2D eigenvalue weighted by Crippen LogP contribution is 2.23. The number of hydrogen-bond donors (Lipinski definition) is 2. The van der Waals surface area contributed by atoms with E-state index in [0.717, 1.165) is 0 Å². The zero-order valence-electron chi connectivity index (χ0n) is 10.8. The summed E-state index contributed by atoms with van der Waals surface area (Å²) in [6.07, 6.45) is -0.0721. The van der Waals surface area contributed by atoms with Crippen LogP contribution in [0.5, 0.6) is 0 Å². The molecule has 1 aromatic heterocycles. The van der Waals surface area contributed by atoms with E-state index in [4.69, 9.17) is 9.52 Å². The molecule has 0 aliphatic carbocycles. The number of anilines is 2. The molecule has 0 radical (unpaired) electrons. The summed E-state index contributed by atoms with van der Waals surface area (Å²) in [5, 5.41) is 11.7. The molecule has 1 heterocycles. The summed E-state index contributed by atoms with van der Waals surface area (Å²) < 4.78 is 18.3. The molecule has 0 spiro atoms. The molecule has 0 atom stereocenters. The van der Waals surface area contributed by atoms with Crippen molar-refractivity contribution in [2.45, 2.75) is 6.42 Å². The predicted octanol–water partition coefficient (Wildman–Crippen LogP) is 3.34. The molecule has 0 saturated heterocycles. The minimum Gasteiger partial charge on any atom is -0.481 e. The van der Waals surface area contributed by atoms with Gasteiger partial charge in [-0.15, -0.1) is 0 Å². The smallest absolute Gasteiger partial charge is 0.307 e. The Morgan fingerprint density at radius 3 is 2.71 bits per heavy atom. The van der Waals surface area contributed by atoms with Crippen LogP contribution in [0.2, 0.25) is 0 Å². The van der Waals surface area contributed by atoms with Crippen molar-refractivity contribution in [3.8, 4) is 0 Å². The number of hydrogen-bond acceptors (Lipinski definition) is 4. The van der Waals surface area contributed by atoms with Crippen LogP contribution in [0.25, 0.3) is 11.1 Å².